The van der Waals surface area contributed by atoms with Gasteiger partial charge in [0, 0.05) is 79.5 Å². The van der Waals surface area contributed by atoms with E-state index in [2.05, 4.69) is 79.7 Å². The number of primary amides is 2. The molecule has 0 radical (unpaired) electrons. The molecule has 604 valence electrons. The zero-order chi connectivity index (χ0) is 80.0. The first-order valence-electron chi connectivity index (χ1n) is 37.7. The zero-order valence-corrected chi connectivity index (χ0v) is 63.9. The Kier molecular flexibility index (Phi) is 42.8. The molecule has 31 N–H and O–H groups in total. The van der Waals surface area contributed by atoms with E-state index in [4.69, 9.17) is 57.3 Å². The molecule has 0 unspecified atom stereocenters. The predicted molar refractivity (Wildman–Crippen MR) is 425 cm³/mol. The second-order valence-electron chi connectivity index (χ2n) is 27.1. The quantitative estimate of drug-likeness (QED) is 0.0147. The van der Waals surface area contributed by atoms with E-state index in [9.17, 15) is 33.6 Å². The van der Waals surface area contributed by atoms with E-state index in [-0.39, 0.29) is 127 Å². The number of carbonyl (C=O) groups is 11. The van der Waals surface area contributed by atoms with Crippen LogP contribution in [0.2, 0.25) is 0 Å². The van der Waals surface area contributed by atoms with Crippen LogP contribution in [0.25, 0.3) is 21.8 Å². The molecule has 0 saturated carbocycles. The molecule has 9 atom stereocenters. The van der Waals surface area contributed by atoms with E-state index >= 15 is 19.2 Å². The second-order valence-corrected chi connectivity index (χ2v) is 28.1. The van der Waals surface area contributed by atoms with Gasteiger partial charge in [-0.25, -0.2) is 0 Å². The van der Waals surface area contributed by atoms with Gasteiger partial charge in [-0.15, -0.1) is 0 Å². The fourth-order valence-corrected chi connectivity index (χ4v) is 12.7. The molecular formula is C73H120N24O11S. The van der Waals surface area contributed by atoms with Gasteiger partial charge in [0.25, 0.3) is 0 Å². The van der Waals surface area contributed by atoms with Crippen molar-refractivity contribution in [3.63, 3.8) is 0 Å². The molecule has 4 rings (SSSR count). The molecular weight excluding hydrogens is 1420 g/mol. The molecule has 4 aromatic rings. The number of aliphatic imine (C=N–C) groups is 3. The minimum absolute atomic E-state index is 0.00786. The average molecular weight is 1540 g/mol. The number of aromatic amines is 2. The van der Waals surface area contributed by atoms with E-state index in [1.54, 1.807) is 67.2 Å². The molecule has 2 heterocycles. The summed E-state index contributed by atoms with van der Waals surface area (Å²) in [4.78, 5) is 176. The maximum absolute atomic E-state index is 15.3. The Balaban J connectivity index is 1.76. The number of nitrogens with one attached hydrogen (secondary N) is 11. The van der Waals surface area contributed by atoms with Crippen molar-refractivity contribution < 1.29 is 52.7 Å². The summed E-state index contributed by atoms with van der Waals surface area (Å²) in [6.45, 7) is 2.93. The number of carbonyl (C=O) groups excluding carboxylic acids is 11. The van der Waals surface area contributed by atoms with E-state index in [0.29, 0.717) is 77.3 Å². The van der Waals surface area contributed by atoms with Gasteiger partial charge in [-0.05, 0) is 145 Å². The number of amides is 11. The Hall–Kier alpha value is -10.2. The largest absolute Gasteiger partial charge is 0.370 e. The summed E-state index contributed by atoms with van der Waals surface area (Å²) >= 11 is 1.37. The molecule has 0 aliphatic rings. The van der Waals surface area contributed by atoms with Crippen LogP contribution in [0.3, 0.4) is 0 Å². The summed E-state index contributed by atoms with van der Waals surface area (Å²) in [5.41, 5.74) is 59.2. The van der Waals surface area contributed by atoms with Gasteiger partial charge in [0.1, 0.15) is 54.4 Å². The third kappa shape index (κ3) is 35.1. The minimum Gasteiger partial charge on any atom is -0.370 e. The van der Waals surface area contributed by atoms with Crippen molar-refractivity contribution in [1.82, 2.24) is 57.8 Å². The number of guanidine groups is 3. The lowest BCUT2D eigenvalue weighted by Gasteiger charge is -2.28. The average Bonchev–Trinajstić information content (AvgIpc) is 1.74. The molecule has 2 aromatic carbocycles. The summed E-state index contributed by atoms with van der Waals surface area (Å²) < 4.78 is 0. The lowest BCUT2D eigenvalue weighted by Crippen LogP contribution is -2.61. The monoisotopic (exact) mass is 1540 g/mol. The van der Waals surface area contributed by atoms with Gasteiger partial charge in [0.2, 0.25) is 65.0 Å². The van der Waals surface area contributed by atoms with Crippen molar-refractivity contribution in [2.24, 2.45) is 72.3 Å². The molecule has 0 aliphatic heterocycles. The summed E-state index contributed by atoms with van der Waals surface area (Å²) in [6.07, 6.45) is 14.4. The first kappa shape index (κ1) is 91.2. The predicted octanol–water partition coefficient (Wildman–Crippen LogP) is -0.749. The number of nitrogens with two attached hydrogens (primary N) is 10. The smallest absolute Gasteiger partial charge is 0.243 e. The number of rotatable bonds is 57. The number of fused-ring (bicyclic) bond motifs is 2. The Bertz CT molecular complexity index is 3630. The van der Waals surface area contributed by atoms with Crippen LogP contribution < -0.4 is 105 Å². The molecule has 36 heteroatoms. The molecule has 35 nitrogen and oxygen atoms in total. The van der Waals surface area contributed by atoms with E-state index < -0.39 is 126 Å². The third-order valence-corrected chi connectivity index (χ3v) is 18.9. The van der Waals surface area contributed by atoms with Gasteiger partial charge >= 0.3 is 0 Å². The summed E-state index contributed by atoms with van der Waals surface area (Å²) in [5, 5.41) is 26.2. The number of benzene rings is 2. The van der Waals surface area contributed by atoms with Crippen molar-refractivity contribution in [1.29, 1.82) is 0 Å². The molecule has 0 aliphatic carbocycles. The van der Waals surface area contributed by atoms with Crippen LogP contribution in [0, 0.1) is 0 Å². The Morgan fingerprint density at radius 3 is 1.08 bits per heavy atom. The fraction of sp³-hybridized carbons (Fsp3) is 0.589. The number of hydrogen-bond donors (Lipinski definition) is 21. The lowest BCUT2D eigenvalue weighted by molar-refractivity contribution is -0.136. The summed E-state index contributed by atoms with van der Waals surface area (Å²) in [5.74, 6) is -9.10. The summed E-state index contributed by atoms with van der Waals surface area (Å²) in [7, 11) is 0. The van der Waals surface area contributed by atoms with Crippen molar-refractivity contribution >= 4 is 116 Å². The van der Waals surface area contributed by atoms with Crippen molar-refractivity contribution in [2.75, 3.05) is 44.7 Å². The minimum atomic E-state index is -1.67. The van der Waals surface area contributed by atoms with E-state index in [1.165, 1.54) is 11.8 Å². The maximum atomic E-state index is 15.3. The van der Waals surface area contributed by atoms with Crippen LogP contribution in [0.1, 0.15) is 172 Å². The van der Waals surface area contributed by atoms with Crippen molar-refractivity contribution in [3.8, 4) is 0 Å². The van der Waals surface area contributed by atoms with Crippen LogP contribution in [0.4, 0.5) is 0 Å². The first-order chi connectivity index (χ1) is 52.3. The van der Waals surface area contributed by atoms with Crippen LogP contribution in [0.15, 0.2) is 75.9 Å². The highest BCUT2D eigenvalue weighted by atomic mass is 32.2. The van der Waals surface area contributed by atoms with Crippen molar-refractivity contribution in [3.05, 3.63) is 72.1 Å². The number of aromatic nitrogens is 2. The zero-order valence-electron chi connectivity index (χ0n) is 63.1. The van der Waals surface area contributed by atoms with Crippen LogP contribution in [0.5, 0.6) is 0 Å². The normalized spacial score (nSPS) is 13.6. The van der Waals surface area contributed by atoms with Crippen LogP contribution in [-0.2, 0) is 65.6 Å². The number of nitrogens with zero attached hydrogens (tertiary/aromatic N) is 3. The van der Waals surface area contributed by atoms with Gasteiger partial charge in [-0.2, -0.15) is 11.8 Å². The molecule has 0 fully saturated rings. The molecule has 109 heavy (non-hydrogen) atoms. The standard InChI is InChI=1S/C73H120N24O11S/c1-3-4-5-6-7-8-9-10-31-61(99)89-52(28-19-37-84-71(78)79)63(101)92-55(30-21-39-86-73(82)83)66(104)96-59(42-46-44-88-50-25-14-12-23-48(46)50)70(108)94-56(32-33-60(76)98)67(105)97-58(41-45-43-87-49-24-13-11-22-47(45)49)69(107)93-54(29-20-38-85-72(80)81)65(103)95-57(34-40-109-2)68(106)91-53(27-16-18-36-75)64(102)90-51(62(77)100)26-15-17-35-74/h11-14,22-25,43-44,51-59,87-88H,3-10,15-21,26-42,74-75H2,1-2H3,(H2,76,98)(H2,77,100)(H,89,99)(H,90,102)(H,91,106)(H,92,101)(H,93,107)(H,94,108)(H,95,103)(H,96,104)(H,97,105)(H4,78,79,84)(H4,80,81,85)(H4,82,83,86)/t51-,52-,53-,54-,55-,56-,57-,58-,59-/m0/s1. The number of thioether (sulfide) groups is 1. The number of para-hydroxylation sites is 2. The van der Waals surface area contributed by atoms with Crippen molar-refractivity contribution in [2.45, 2.75) is 228 Å². The maximum Gasteiger partial charge on any atom is 0.243 e. The van der Waals surface area contributed by atoms with Gasteiger partial charge in [0.05, 0.1) is 0 Å². The lowest BCUT2D eigenvalue weighted by atomic mass is 10.0. The highest BCUT2D eigenvalue weighted by molar-refractivity contribution is 7.98. The summed E-state index contributed by atoms with van der Waals surface area (Å²) in [6, 6.07) is 1.91. The molecule has 11 amide bonds. The second kappa shape index (κ2) is 51.2. The highest BCUT2D eigenvalue weighted by Gasteiger charge is 2.37. The molecule has 0 bridgehead atoms. The fourth-order valence-electron chi connectivity index (χ4n) is 12.2. The Morgan fingerprint density at radius 2 is 0.706 bits per heavy atom. The third-order valence-electron chi connectivity index (χ3n) is 18.2. The number of hydrogen-bond acceptors (Lipinski definition) is 17. The van der Waals surface area contributed by atoms with Gasteiger partial charge in [-0.1, -0.05) is 88.3 Å². The van der Waals surface area contributed by atoms with Gasteiger partial charge in [-0.3, -0.25) is 67.7 Å². The molecule has 0 spiro atoms. The van der Waals surface area contributed by atoms with Crippen LogP contribution >= 0.6 is 11.8 Å². The molecule has 2 aromatic heterocycles. The molecule has 0 saturated heterocycles. The van der Waals surface area contributed by atoms with E-state index in [0.717, 1.165) is 44.9 Å². The Morgan fingerprint density at radius 1 is 0.376 bits per heavy atom. The number of unbranched alkanes of at least 4 members (excludes halogenated alkanes) is 9. The Labute approximate surface area is 641 Å². The highest BCUT2D eigenvalue weighted by Crippen LogP contribution is 2.23. The van der Waals surface area contributed by atoms with E-state index in [1.807, 2.05) is 0 Å². The van der Waals surface area contributed by atoms with Crippen LogP contribution in [-0.4, -0.2) is 192 Å². The first-order valence-corrected chi connectivity index (χ1v) is 39.1. The topological polar surface area (TPSA) is 625 Å². The van der Waals surface area contributed by atoms with Gasteiger partial charge < -0.3 is 115 Å². The van der Waals surface area contributed by atoms with Gasteiger partial charge in [0.15, 0.2) is 17.9 Å². The SMILES string of the molecule is CCCCCCCCCCC(=O)N[C@@H](CCCN=C(N)N)C(=O)N[C@@H](CCCN=C(N)N)C(=O)N[C@@H](Cc1c[nH]c2ccccc12)C(=O)N[C@@H](CCC(N)=O)C(=O)N[C@@H](Cc1c[nH]c2ccccc12)C(=O)N[C@@H](CCCN=C(N)N)C(=O)N[C@@H](CCSC)C(=O)N[C@@H](CCCCN)C(=O)N[C@@H](CCCCN)C(N)=O. The number of H-pyrrole nitrogens is 2.